The van der Waals surface area contributed by atoms with Gasteiger partial charge in [-0.1, -0.05) is 30.3 Å². The van der Waals surface area contributed by atoms with Crippen LogP contribution in [0.3, 0.4) is 0 Å². The molecular formula is C24H28ClN5O. The van der Waals surface area contributed by atoms with Crippen molar-refractivity contribution >= 4 is 29.9 Å². The first kappa shape index (κ1) is 21.4. The molecule has 2 aromatic carbocycles. The molecule has 0 aliphatic carbocycles. The molecule has 3 heterocycles. The lowest BCUT2D eigenvalue weighted by atomic mass is 9.90. The van der Waals surface area contributed by atoms with E-state index in [-0.39, 0.29) is 18.2 Å². The molecule has 0 bridgehead atoms. The van der Waals surface area contributed by atoms with Crippen molar-refractivity contribution in [2.45, 2.75) is 13.0 Å². The lowest BCUT2D eigenvalue weighted by molar-refractivity contribution is 0.280. The van der Waals surface area contributed by atoms with Gasteiger partial charge >= 0.3 is 0 Å². The van der Waals surface area contributed by atoms with Crippen LogP contribution in [0.25, 0.3) is 0 Å². The van der Waals surface area contributed by atoms with Gasteiger partial charge < -0.3 is 15.3 Å². The van der Waals surface area contributed by atoms with Crippen molar-refractivity contribution in [1.82, 2.24) is 14.9 Å². The molecule has 6 nitrogen and oxygen atoms in total. The summed E-state index contributed by atoms with van der Waals surface area (Å²) >= 11 is 0. The minimum absolute atomic E-state index is 0. The van der Waals surface area contributed by atoms with Crippen LogP contribution in [0.1, 0.15) is 17.3 Å². The van der Waals surface area contributed by atoms with E-state index in [9.17, 15) is 5.11 Å². The fourth-order valence-corrected chi connectivity index (χ4v) is 5.04. The molecule has 3 aromatic rings. The molecule has 2 aliphatic heterocycles. The lowest BCUT2D eigenvalue weighted by Crippen LogP contribution is -2.29. The number of aromatic nitrogens is 2. The minimum atomic E-state index is 0. The highest BCUT2D eigenvalue weighted by molar-refractivity contribution is 5.85. The normalized spacial score (nSPS) is 22.8. The van der Waals surface area contributed by atoms with Crippen molar-refractivity contribution < 1.29 is 5.11 Å². The first-order valence-electron chi connectivity index (χ1n) is 10.5. The summed E-state index contributed by atoms with van der Waals surface area (Å²) in [6, 6.07) is 20.3. The Labute approximate surface area is 189 Å². The van der Waals surface area contributed by atoms with E-state index in [0.29, 0.717) is 23.8 Å². The average Bonchev–Trinajstić information content (AvgIpc) is 3.26. The van der Waals surface area contributed by atoms with Gasteiger partial charge in [0.1, 0.15) is 11.6 Å². The van der Waals surface area contributed by atoms with E-state index in [1.165, 1.54) is 5.56 Å². The number of hydrogen-bond acceptors (Lipinski definition) is 6. The summed E-state index contributed by atoms with van der Waals surface area (Å²) < 4.78 is 0. The van der Waals surface area contributed by atoms with Crippen LogP contribution in [0, 0.1) is 18.8 Å². The fourth-order valence-electron chi connectivity index (χ4n) is 5.04. The number of anilines is 3. The zero-order chi connectivity index (χ0) is 20.7. The number of benzene rings is 2. The second-order valence-corrected chi connectivity index (χ2v) is 8.49. The second-order valence-electron chi connectivity index (χ2n) is 8.49. The zero-order valence-corrected chi connectivity index (χ0v) is 18.6. The summed E-state index contributed by atoms with van der Waals surface area (Å²) in [5, 5.41) is 12.7. The molecule has 0 saturated carbocycles. The summed E-state index contributed by atoms with van der Waals surface area (Å²) in [5.41, 5.74) is 3.20. The minimum Gasteiger partial charge on any atom is -0.508 e. The smallest absolute Gasteiger partial charge is 0.229 e. The van der Waals surface area contributed by atoms with Crippen LogP contribution in [0.5, 0.6) is 5.75 Å². The molecular weight excluding hydrogens is 410 g/mol. The Hall–Kier alpha value is -2.83. The third-order valence-corrected chi connectivity index (χ3v) is 6.32. The highest BCUT2D eigenvalue weighted by atomic mass is 35.5. The van der Waals surface area contributed by atoms with Crippen molar-refractivity contribution in [3.05, 3.63) is 71.9 Å². The lowest BCUT2D eigenvalue weighted by Gasteiger charge is -2.27. The number of phenolic OH excluding ortho intramolecular Hbond substituents is 1. The predicted molar refractivity (Wildman–Crippen MR) is 126 cm³/mol. The fraction of sp³-hybridized carbons (Fsp3) is 0.333. The number of aryl methyl sites for hydroxylation is 1. The van der Waals surface area contributed by atoms with Crippen LogP contribution in [0.2, 0.25) is 0 Å². The number of fused-ring (bicyclic) bond motifs is 1. The van der Waals surface area contributed by atoms with Crippen molar-refractivity contribution in [2.24, 2.45) is 11.8 Å². The second kappa shape index (κ2) is 8.73. The van der Waals surface area contributed by atoms with E-state index in [1.54, 1.807) is 12.1 Å². The van der Waals surface area contributed by atoms with Crippen LogP contribution in [0.4, 0.5) is 17.5 Å². The number of nitrogens with one attached hydrogen (secondary N) is 1. The molecule has 5 rings (SSSR count). The van der Waals surface area contributed by atoms with E-state index in [4.69, 9.17) is 4.98 Å². The maximum Gasteiger partial charge on any atom is 0.229 e. The van der Waals surface area contributed by atoms with Gasteiger partial charge in [-0.25, -0.2) is 4.98 Å². The molecule has 2 aliphatic rings. The summed E-state index contributed by atoms with van der Waals surface area (Å²) in [4.78, 5) is 14.3. The number of likely N-dealkylation sites (tertiary alicyclic amines) is 1. The first-order valence-corrected chi connectivity index (χ1v) is 10.5. The number of phenols is 1. The van der Waals surface area contributed by atoms with Gasteiger partial charge in [-0.3, -0.25) is 4.90 Å². The monoisotopic (exact) mass is 437 g/mol. The van der Waals surface area contributed by atoms with Crippen molar-refractivity contribution in [2.75, 3.05) is 36.9 Å². The van der Waals surface area contributed by atoms with Crippen LogP contribution in [0.15, 0.2) is 60.7 Å². The quantitative estimate of drug-likeness (QED) is 0.590. The van der Waals surface area contributed by atoms with Gasteiger partial charge in [0.25, 0.3) is 0 Å². The van der Waals surface area contributed by atoms with Crippen LogP contribution in [-0.2, 0) is 0 Å². The standard InChI is InChI=1S/C24H27N5O.ClH/c1-16-12-22(27-24(25-16)26-19-8-10-20(30)11-9-19)29-14-18-13-28(2)23(21(18)15-29)17-6-4-3-5-7-17;/h3-12,18,21,23,30H,13-15H2,1-2H3,(H,25,26,27);1H/t18-,21+,23-;/m0./s1. The maximum atomic E-state index is 9.49. The molecule has 7 heteroatoms. The van der Waals surface area contributed by atoms with E-state index in [0.717, 1.165) is 36.8 Å². The summed E-state index contributed by atoms with van der Waals surface area (Å²) in [7, 11) is 2.24. The molecule has 31 heavy (non-hydrogen) atoms. The van der Waals surface area contributed by atoms with E-state index in [2.05, 4.69) is 63.5 Å². The van der Waals surface area contributed by atoms with Crippen LogP contribution in [-0.4, -0.2) is 46.7 Å². The molecule has 2 saturated heterocycles. The summed E-state index contributed by atoms with van der Waals surface area (Å²) in [6.45, 7) is 5.14. The van der Waals surface area contributed by atoms with Crippen LogP contribution < -0.4 is 10.2 Å². The Morgan fingerprint density at radius 1 is 0.968 bits per heavy atom. The molecule has 2 N–H and O–H groups in total. The van der Waals surface area contributed by atoms with Gasteiger partial charge in [0, 0.05) is 49.0 Å². The topological polar surface area (TPSA) is 64.5 Å². The van der Waals surface area contributed by atoms with E-state index < -0.39 is 0 Å². The molecule has 0 radical (unpaired) electrons. The van der Waals surface area contributed by atoms with Crippen LogP contribution >= 0.6 is 12.4 Å². The van der Waals surface area contributed by atoms with Gasteiger partial charge in [0.15, 0.2) is 0 Å². The summed E-state index contributed by atoms with van der Waals surface area (Å²) in [5.74, 6) is 3.05. The number of nitrogens with zero attached hydrogens (tertiary/aromatic N) is 4. The van der Waals surface area contributed by atoms with Crippen molar-refractivity contribution in [1.29, 1.82) is 0 Å². The highest BCUT2D eigenvalue weighted by Gasteiger charge is 2.46. The average molecular weight is 438 g/mol. The van der Waals surface area contributed by atoms with Crippen molar-refractivity contribution in [3.63, 3.8) is 0 Å². The molecule has 3 atom stereocenters. The summed E-state index contributed by atoms with van der Waals surface area (Å²) in [6.07, 6.45) is 0. The molecule has 0 spiro atoms. The molecule has 0 unspecified atom stereocenters. The predicted octanol–water partition coefficient (Wildman–Crippen LogP) is 4.40. The van der Waals surface area contributed by atoms with E-state index >= 15 is 0 Å². The number of halogens is 1. The third kappa shape index (κ3) is 4.31. The molecule has 1 aromatic heterocycles. The Morgan fingerprint density at radius 3 is 2.45 bits per heavy atom. The largest absolute Gasteiger partial charge is 0.508 e. The van der Waals surface area contributed by atoms with Gasteiger partial charge in [0.2, 0.25) is 5.95 Å². The SMILES string of the molecule is Cc1cc(N2C[C@@H]3CN(C)[C@@H](c4ccccc4)[C@@H]3C2)nc(Nc2ccc(O)cc2)n1.Cl. The van der Waals surface area contributed by atoms with Gasteiger partial charge in [-0.2, -0.15) is 4.98 Å². The molecule has 0 amide bonds. The van der Waals surface area contributed by atoms with Gasteiger partial charge in [0.05, 0.1) is 0 Å². The number of rotatable bonds is 4. The first-order chi connectivity index (χ1) is 14.6. The Morgan fingerprint density at radius 2 is 1.71 bits per heavy atom. The molecule has 162 valence electrons. The maximum absolute atomic E-state index is 9.49. The third-order valence-electron chi connectivity index (χ3n) is 6.32. The Balaban J connectivity index is 0.00000231. The number of aromatic hydroxyl groups is 1. The number of hydrogen-bond donors (Lipinski definition) is 2. The highest BCUT2D eigenvalue weighted by Crippen LogP contribution is 2.44. The van der Waals surface area contributed by atoms with Gasteiger partial charge in [-0.05, 0) is 49.7 Å². The molecule has 2 fully saturated rings. The Bertz CT molecular complexity index is 1030. The Kier molecular flexibility index (Phi) is 6.03. The van der Waals surface area contributed by atoms with Crippen molar-refractivity contribution in [3.8, 4) is 5.75 Å². The van der Waals surface area contributed by atoms with Gasteiger partial charge in [-0.15, -0.1) is 12.4 Å². The van der Waals surface area contributed by atoms with E-state index in [1.807, 2.05) is 19.1 Å². The zero-order valence-electron chi connectivity index (χ0n) is 17.8.